The minimum absolute atomic E-state index is 0.280. The average molecular weight is 430 g/mol. The molecule has 1 amide bonds. The van der Waals surface area contributed by atoms with Crippen molar-refractivity contribution >= 4 is 18.1 Å². The van der Waals surface area contributed by atoms with E-state index in [9.17, 15) is 9.59 Å². The van der Waals surface area contributed by atoms with Crippen molar-refractivity contribution in [3.05, 3.63) is 47.5 Å². The van der Waals surface area contributed by atoms with Crippen molar-refractivity contribution in [3.63, 3.8) is 0 Å². The van der Waals surface area contributed by atoms with E-state index in [4.69, 9.17) is 24.1 Å². The predicted octanol–water partition coefficient (Wildman–Crippen LogP) is 3.11. The van der Waals surface area contributed by atoms with Gasteiger partial charge in [0.15, 0.2) is 18.1 Å². The Balaban J connectivity index is 2.21. The molecular weight excluding hydrogens is 404 g/mol. The predicted molar refractivity (Wildman–Crippen MR) is 115 cm³/mol. The second kappa shape index (κ2) is 12.1. The number of hydrazone groups is 1. The number of aliphatic carboxylic acids is 1. The quantitative estimate of drug-likeness (QED) is 0.393. The number of amides is 1. The van der Waals surface area contributed by atoms with Crippen molar-refractivity contribution in [2.24, 2.45) is 5.10 Å². The molecule has 2 N–H and O–H groups in total. The molecule has 2 aromatic carbocycles. The maximum absolute atomic E-state index is 12.6. The Bertz CT molecular complexity index is 901. The van der Waals surface area contributed by atoms with E-state index in [0.29, 0.717) is 48.4 Å². The van der Waals surface area contributed by atoms with Crippen molar-refractivity contribution < 1.29 is 33.6 Å². The fourth-order valence-corrected chi connectivity index (χ4v) is 2.60. The fraction of sp³-hybridized carbons (Fsp3) is 0.318. The van der Waals surface area contributed by atoms with E-state index in [1.165, 1.54) is 6.21 Å². The van der Waals surface area contributed by atoms with E-state index in [2.05, 4.69) is 10.5 Å². The highest BCUT2D eigenvalue weighted by Crippen LogP contribution is 2.39. The molecule has 0 aliphatic heterocycles. The van der Waals surface area contributed by atoms with Gasteiger partial charge in [-0.1, -0.05) is 12.1 Å². The molecular formula is C22H26N2O7. The first kappa shape index (κ1) is 23.5. The summed E-state index contributed by atoms with van der Waals surface area (Å²) in [6.07, 6.45) is 1.37. The molecule has 0 saturated carbocycles. The number of para-hydroxylation sites is 1. The number of nitrogens with one attached hydrogen (secondary N) is 1. The Kier molecular flexibility index (Phi) is 9.15. The summed E-state index contributed by atoms with van der Waals surface area (Å²) in [4.78, 5) is 23.3. The molecule has 0 radical (unpaired) electrons. The van der Waals surface area contributed by atoms with Crippen molar-refractivity contribution in [1.29, 1.82) is 0 Å². The Morgan fingerprint density at radius 2 is 1.55 bits per heavy atom. The first-order valence-electron chi connectivity index (χ1n) is 9.83. The second-order valence-corrected chi connectivity index (χ2v) is 6.02. The molecule has 31 heavy (non-hydrogen) atoms. The van der Waals surface area contributed by atoms with E-state index in [0.717, 1.165) is 0 Å². The summed E-state index contributed by atoms with van der Waals surface area (Å²) >= 11 is 0. The van der Waals surface area contributed by atoms with Crippen molar-refractivity contribution in [2.75, 3.05) is 26.4 Å². The van der Waals surface area contributed by atoms with Crippen molar-refractivity contribution in [1.82, 2.24) is 5.43 Å². The molecule has 0 aliphatic carbocycles. The normalized spacial score (nSPS) is 10.5. The third kappa shape index (κ3) is 6.91. The van der Waals surface area contributed by atoms with Crippen LogP contribution in [-0.4, -0.2) is 49.6 Å². The Morgan fingerprint density at radius 3 is 2.13 bits per heavy atom. The van der Waals surface area contributed by atoms with Crippen LogP contribution in [-0.2, 0) is 4.79 Å². The number of carboxylic acid groups (broad SMARTS) is 1. The summed E-state index contributed by atoms with van der Waals surface area (Å²) in [6, 6.07) is 9.87. The molecule has 0 atom stereocenters. The smallest absolute Gasteiger partial charge is 0.341 e. The zero-order chi connectivity index (χ0) is 22.6. The minimum atomic E-state index is -1.09. The molecule has 166 valence electrons. The number of carbonyl (C=O) groups is 2. The summed E-state index contributed by atoms with van der Waals surface area (Å²) < 4.78 is 22.1. The lowest BCUT2D eigenvalue weighted by Crippen LogP contribution is -2.18. The number of ether oxygens (including phenoxy) is 4. The maximum Gasteiger partial charge on any atom is 0.341 e. The van der Waals surface area contributed by atoms with Gasteiger partial charge in [0.25, 0.3) is 5.91 Å². The first-order valence-corrected chi connectivity index (χ1v) is 9.83. The molecule has 9 nitrogen and oxygen atoms in total. The molecule has 2 aromatic rings. The van der Waals surface area contributed by atoms with Gasteiger partial charge in [-0.05, 0) is 45.0 Å². The van der Waals surface area contributed by atoms with Crippen LogP contribution in [0.5, 0.6) is 23.0 Å². The molecule has 9 heteroatoms. The number of carbonyl (C=O) groups excluding carboxylic acids is 1. The van der Waals surface area contributed by atoms with Gasteiger partial charge >= 0.3 is 5.97 Å². The van der Waals surface area contributed by atoms with Gasteiger partial charge in [-0.2, -0.15) is 5.10 Å². The number of hydrogen-bond acceptors (Lipinski definition) is 7. The monoisotopic (exact) mass is 430 g/mol. The lowest BCUT2D eigenvalue weighted by Gasteiger charge is -2.16. The summed E-state index contributed by atoms with van der Waals surface area (Å²) in [7, 11) is 0. The number of rotatable bonds is 12. The van der Waals surface area contributed by atoms with Gasteiger partial charge in [0.1, 0.15) is 5.75 Å². The topological polar surface area (TPSA) is 116 Å². The van der Waals surface area contributed by atoms with Crippen LogP contribution in [0, 0.1) is 0 Å². The maximum atomic E-state index is 12.6. The van der Waals surface area contributed by atoms with Crippen LogP contribution in [0.1, 0.15) is 36.7 Å². The van der Waals surface area contributed by atoms with Gasteiger partial charge < -0.3 is 24.1 Å². The van der Waals surface area contributed by atoms with Crippen LogP contribution >= 0.6 is 0 Å². The highest BCUT2D eigenvalue weighted by molar-refractivity contribution is 5.96. The molecule has 0 aromatic heterocycles. The number of benzene rings is 2. The van der Waals surface area contributed by atoms with Gasteiger partial charge in [0, 0.05) is 11.1 Å². The van der Waals surface area contributed by atoms with E-state index in [1.807, 2.05) is 20.8 Å². The zero-order valence-electron chi connectivity index (χ0n) is 17.7. The fourth-order valence-electron chi connectivity index (χ4n) is 2.60. The Hall–Kier alpha value is -3.75. The molecule has 0 heterocycles. The minimum Gasteiger partial charge on any atom is -0.490 e. The van der Waals surface area contributed by atoms with Crippen LogP contribution in [0.2, 0.25) is 0 Å². The van der Waals surface area contributed by atoms with Gasteiger partial charge in [-0.25, -0.2) is 10.2 Å². The first-order chi connectivity index (χ1) is 15.0. The molecule has 0 bridgehead atoms. The highest BCUT2D eigenvalue weighted by atomic mass is 16.5. The van der Waals surface area contributed by atoms with Gasteiger partial charge in [0.05, 0.1) is 26.0 Å². The average Bonchev–Trinajstić information content (AvgIpc) is 2.75. The van der Waals surface area contributed by atoms with Crippen LogP contribution in [0.15, 0.2) is 41.5 Å². The van der Waals surface area contributed by atoms with Crippen LogP contribution < -0.4 is 24.4 Å². The van der Waals surface area contributed by atoms with E-state index in [-0.39, 0.29) is 5.56 Å². The van der Waals surface area contributed by atoms with Crippen molar-refractivity contribution in [3.8, 4) is 23.0 Å². The Morgan fingerprint density at radius 1 is 0.935 bits per heavy atom. The third-order valence-corrected chi connectivity index (χ3v) is 3.81. The molecule has 2 rings (SSSR count). The van der Waals surface area contributed by atoms with Crippen molar-refractivity contribution in [2.45, 2.75) is 20.8 Å². The SMILES string of the molecule is CCOc1cc(C(=O)N/N=C/c2ccccc2OCC(=O)O)cc(OCC)c1OCC. The third-order valence-electron chi connectivity index (χ3n) is 3.81. The van der Waals surface area contributed by atoms with Gasteiger partial charge in [-0.3, -0.25) is 4.79 Å². The Labute approximate surface area is 180 Å². The van der Waals surface area contributed by atoms with Crippen LogP contribution in [0.25, 0.3) is 0 Å². The summed E-state index contributed by atoms with van der Waals surface area (Å²) in [6.45, 7) is 6.22. The van der Waals surface area contributed by atoms with E-state index in [1.54, 1.807) is 36.4 Å². The summed E-state index contributed by atoms with van der Waals surface area (Å²) in [5.41, 5.74) is 3.23. The van der Waals surface area contributed by atoms with Crippen LogP contribution in [0.3, 0.4) is 0 Å². The molecule has 0 saturated heterocycles. The largest absolute Gasteiger partial charge is 0.490 e. The van der Waals surface area contributed by atoms with E-state index < -0.39 is 18.5 Å². The number of nitrogens with zero attached hydrogens (tertiary/aromatic N) is 1. The summed E-state index contributed by atoms with van der Waals surface area (Å²) in [5.74, 6) is 0.00145. The van der Waals surface area contributed by atoms with Crippen LogP contribution in [0.4, 0.5) is 0 Å². The standard InChI is InChI=1S/C22H26N2O7/c1-4-28-18-11-16(12-19(29-5-2)21(18)30-6-3)22(27)24-23-13-15-9-7-8-10-17(15)31-14-20(25)26/h7-13H,4-6,14H2,1-3H3,(H,24,27)(H,25,26)/b23-13+. The van der Waals surface area contributed by atoms with E-state index >= 15 is 0 Å². The zero-order valence-corrected chi connectivity index (χ0v) is 17.7. The molecule has 0 aliphatic rings. The lowest BCUT2D eigenvalue weighted by molar-refractivity contribution is -0.139. The lowest BCUT2D eigenvalue weighted by atomic mass is 10.1. The molecule has 0 unspecified atom stereocenters. The van der Waals surface area contributed by atoms with Gasteiger partial charge in [-0.15, -0.1) is 0 Å². The highest BCUT2D eigenvalue weighted by Gasteiger charge is 2.18. The number of carboxylic acids is 1. The second-order valence-electron chi connectivity index (χ2n) is 6.02. The molecule has 0 fully saturated rings. The van der Waals surface area contributed by atoms with Gasteiger partial charge in [0.2, 0.25) is 5.75 Å². The summed E-state index contributed by atoms with van der Waals surface area (Å²) in [5, 5.41) is 12.7. The molecule has 0 spiro atoms. The number of hydrogen-bond donors (Lipinski definition) is 2.